The zero-order chi connectivity index (χ0) is 17.8. The Morgan fingerprint density at radius 3 is 2.38 bits per heavy atom. The van der Waals surface area contributed by atoms with Gasteiger partial charge < -0.3 is 10.8 Å². The SMILES string of the molecule is CN1C(=O)C2C(c3ccc(C(=N)N)cc3)NC(C)(C(=O)O)C2C1=O. The van der Waals surface area contributed by atoms with Crippen LogP contribution in [0.5, 0.6) is 0 Å². The van der Waals surface area contributed by atoms with E-state index in [1.54, 1.807) is 24.3 Å². The van der Waals surface area contributed by atoms with Gasteiger partial charge in [0.15, 0.2) is 0 Å². The second-order valence-electron chi connectivity index (χ2n) is 6.40. The van der Waals surface area contributed by atoms with E-state index in [-0.39, 0.29) is 11.7 Å². The van der Waals surface area contributed by atoms with Crippen LogP contribution < -0.4 is 11.1 Å². The quantitative estimate of drug-likeness (QED) is 0.341. The molecule has 8 heteroatoms. The van der Waals surface area contributed by atoms with Gasteiger partial charge in [-0.05, 0) is 12.5 Å². The van der Waals surface area contributed by atoms with E-state index in [0.29, 0.717) is 11.1 Å². The van der Waals surface area contributed by atoms with E-state index in [2.05, 4.69) is 5.32 Å². The number of nitrogen functional groups attached to an aromatic ring is 1. The first-order valence-electron chi connectivity index (χ1n) is 7.45. The van der Waals surface area contributed by atoms with Gasteiger partial charge in [0.2, 0.25) is 11.8 Å². The Kier molecular flexibility index (Phi) is 3.45. The van der Waals surface area contributed by atoms with Crippen LogP contribution in [0.15, 0.2) is 24.3 Å². The highest BCUT2D eigenvalue weighted by atomic mass is 16.4. The number of carboxylic acid groups (broad SMARTS) is 1. The van der Waals surface area contributed by atoms with Crippen LogP contribution in [0.2, 0.25) is 0 Å². The second kappa shape index (κ2) is 5.13. The zero-order valence-corrected chi connectivity index (χ0v) is 13.2. The van der Waals surface area contributed by atoms with Crippen molar-refractivity contribution >= 4 is 23.6 Å². The molecule has 24 heavy (non-hydrogen) atoms. The third-order valence-corrected chi connectivity index (χ3v) is 5.03. The van der Waals surface area contributed by atoms with E-state index in [1.807, 2.05) is 0 Å². The number of nitrogens with one attached hydrogen (secondary N) is 2. The van der Waals surface area contributed by atoms with Crippen LogP contribution in [0.3, 0.4) is 0 Å². The predicted octanol–water partition coefficient (Wildman–Crippen LogP) is -0.311. The van der Waals surface area contributed by atoms with Crippen molar-refractivity contribution in [2.75, 3.05) is 7.05 Å². The fourth-order valence-corrected chi connectivity index (χ4v) is 3.64. The van der Waals surface area contributed by atoms with E-state index >= 15 is 0 Å². The Morgan fingerprint density at radius 2 is 1.88 bits per heavy atom. The van der Waals surface area contributed by atoms with Crippen molar-refractivity contribution in [3.63, 3.8) is 0 Å². The number of aliphatic carboxylic acids is 1. The van der Waals surface area contributed by atoms with Gasteiger partial charge in [-0.3, -0.25) is 30.0 Å². The monoisotopic (exact) mass is 330 g/mol. The highest BCUT2D eigenvalue weighted by Crippen LogP contribution is 2.48. The van der Waals surface area contributed by atoms with Crippen molar-refractivity contribution < 1.29 is 19.5 Å². The number of nitrogens with two attached hydrogens (primary N) is 1. The van der Waals surface area contributed by atoms with Crippen LogP contribution >= 0.6 is 0 Å². The molecule has 5 N–H and O–H groups in total. The second-order valence-corrected chi connectivity index (χ2v) is 6.40. The van der Waals surface area contributed by atoms with Crippen molar-refractivity contribution in [2.45, 2.75) is 18.5 Å². The summed E-state index contributed by atoms with van der Waals surface area (Å²) in [6, 6.07) is 6.05. The Hall–Kier alpha value is -2.74. The molecule has 8 nitrogen and oxygen atoms in total. The van der Waals surface area contributed by atoms with E-state index in [0.717, 1.165) is 4.90 Å². The van der Waals surface area contributed by atoms with Crippen LogP contribution in [0.4, 0.5) is 0 Å². The molecule has 0 aromatic heterocycles. The lowest BCUT2D eigenvalue weighted by molar-refractivity contribution is -0.150. The Labute approximate surface area is 138 Å². The summed E-state index contributed by atoms with van der Waals surface area (Å²) >= 11 is 0. The standard InChI is InChI=1S/C16H18N4O4/c1-16(15(23)24)10-9(13(21)20(2)14(10)22)11(19-16)7-3-5-8(6-4-7)12(17)18/h3-6,9-11,19H,1-2H3,(H3,17,18)(H,23,24). The minimum absolute atomic E-state index is 0.0824. The minimum Gasteiger partial charge on any atom is -0.480 e. The summed E-state index contributed by atoms with van der Waals surface area (Å²) in [6.07, 6.45) is 0. The summed E-state index contributed by atoms with van der Waals surface area (Å²) in [7, 11) is 1.38. The van der Waals surface area contributed by atoms with Crippen molar-refractivity contribution in [1.82, 2.24) is 10.2 Å². The maximum Gasteiger partial charge on any atom is 0.324 e. The molecular weight excluding hydrogens is 312 g/mol. The zero-order valence-electron chi connectivity index (χ0n) is 13.2. The molecule has 2 heterocycles. The molecule has 2 saturated heterocycles. The van der Waals surface area contributed by atoms with Gasteiger partial charge in [0, 0.05) is 18.7 Å². The average Bonchev–Trinajstić information content (AvgIpc) is 2.98. The number of carbonyl (C=O) groups excluding carboxylic acids is 2. The number of likely N-dealkylation sites (tertiary alicyclic amines) is 1. The smallest absolute Gasteiger partial charge is 0.324 e. The predicted molar refractivity (Wildman–Crippen MR) is 84.1 cm³/mol. The molecule has 0 spiro atoms. The molecule has 2 aliphatic rings. The van der Waals surface area contributed by atoms with Gasteiger partial charge in [0.05, 0.1) is 11.8 Å². The number of fused-ring (bicyclic) bond motifs is 1. The molecule has 4 unspecified atom stereocenters. The van der Waals surface area contributed by atoms with E-state index < -0.39 is 35.3 Å². The molecule has 3 rings (SSSR count). The number of hydrogen-bond donors (Lipinski definition) is 4. The summed E-state index contributed by atoms with van der Waals surface area (Å²) < 4.78 is 0. The Balaban J connectivity index is 2.06. The Morgan fingerprint density at radius 1 is 1.29 bits per heavy atom. The third kappa shape index (κ3) is 2.03. The number of amides is 2. The highest BCUT2D eigenvalue weighted by molar-refractivity contribution is 6.09. The lowest BCUT2D eigenvalue weighted by Crippen LogP contribution is -2.53. The van der Waals surface area contributed by atoms with E-state index in [1.165, 1.54) is 14.0 Å². The largest absolute Gasteiger partial charge is 0.480 e. The topological polar surface area (TPSA) is 137 Å². The van der Waals surface area contributed by atoms with Gasteiger partial charge in [0.1, 0.15) is 11.4 Å². The fraction of sp³-hybridized carbons (Fsp3) is 0.375. The minimum atomic E-state index is -1.52. The highest BCUT2D eigenvalue weighted by Gasteiger charge is 2.65. The van der Waals surface area contributed by atoms with Crippen molar-refractivity contribution in [1.29, 1.82) is 5.41 Å². The molecule has 2 aliphatic heterocycles. The fourth-order valence-electron chi connectivity index (χ4n) is 3.64. The average molecular weight is 330 g/mol. The van der Waals surface area contributed by atoms with Crippen LogP contribution in [0, 0.1) is 17.2 Å². The molecule has 0 saturated carbocycles. The summed E-state index contributed by atoms with van der Waals surface area (Å²) in [5, 5.41) is 20.0. The third-order valence-electron chi connectivity index (χ3n) is 5.03. The first-order valence-corrected chi connectivity index (χ1v) is 7.45. The number of hydrogen-bond acceptors (Lipinski definition) is 5. The van der Waals surface area contributed by atoms with Crippen molar-refractivity contribution in [3.8, 4) is 0 Å². The summed E-state index contributed by atoms with van der Waals surface area (Å²) in [5.74, 6) is -3.84. The molecule has 1 aromatic carbocycles. The first kappa shape index (κ1) is 16.1. The van der Waals surface area contributed by atoms with E-state index in [4.69, 9.17) is 11.1 Å². The van der Waals surface area contributed by atoms with Gasteiger partial charge in [0.25, 0.3) is 0 Å². The maximum atomic E-state index is 12.5. The number of rotatable bonds is 3. The van der Waals surface area contributed by atoms with Gasteiger partial charge in [-0.2, -0.15) is 0 Å². The van der Waals surface area contributed by atoms with Crippen LogP contribution in [0.25, 0.3) is 0 Å². The van der Waals surface area contributed by atoms with Crippen molar-refractivity contribution in [2.24, 2.45) is 17.6 Å². The van der Waals surface area contributed by atoms with E-state index in [9.17, 15) is 19.5 Å². The molecular formula is C16H18N4O4. The van der Waals surface area contributed by atoms with Gasteiger partial charge in [-0.1, -0.05) is 24.3 Å². The molecule has 2 fully saturated rings. The van der Waals surface area contributed by atoms with Crippen LogP contribution in [-0.2, 0) is 14.4 Å². The number of carboxylic acids is 1. The molecule has 126 valence electrons. The lowest BCUT2D eigenvalue weighted by atomic mass is 9.80. The number of carbonyl (C=O) groups is 3. The number of imide groups is 1. The van der Waals surface area contributed by atoms with Crippen LogP contribution in [0.1, 0.15) is 24.1 Å². The van der Waals surface area contributed by atoms with Crippen molar-refractivity contribution in [3.05, 3.63) is 35.4 Å². The summed E-state index contributed by atoms with van der Waals surface area (Å²) in [5.41, 5.74) is 5.11. The molecule has 0 radical (unpaired) electrons. The molecule has 1 aromatic rings. The van der Waals surface area contributed by atoms with Gasteiger partial charge in [-0.25, -0.2) is 0 Å². The van der Waals surface area contributed by atoms with Gasteiger partial charge in [-0.15, -0.1) is 0 Å². The maximum absolute atomic E-state index is 12.5. The number of benzene rings is 1. The first-order chi connectivity index (χ1) is 11.2. The molecule has 0 bridgehead atoms. The van der Waals surface area contributed by atoms with Crippen LogP contribution in [-0.4, -0.2) is 46.2 Å². The summed E-state index contributed by atoms with van der Waals surface area (Å²) in [6.45, 7) is 1.43. The lowest BCUT2D eigenvalue weighted by Gasteiger charge is -2.26. The molecule has 0 aliphatic carbocycles. The normalized spacial score (nSPS) is 32.1. The molecule has 2 amide bonds. The molecule has 4 atom stereocenters. The summed E-state index contributed by atoms with van der Waals surface area (Å²) in [4.78, 5) is 37.6. The Bertz CT molecular complexity index is 760. The number of nitrogens with zero attached hydrogens (tertiary/aromatic N) is 1. The number of amidine groups is 1. The van der Waals surface area contributed by atoms with Gasteiger partial charge >= 0.3 is 5.97 Å².